The van der Waals surface area contributed by atoms with Crippen LogP contribution in [-0.4, -0.2) is 38.8 Å². The Bertz CT molecular complexity index is 1020. The Morgan fingerprint density at radius 3 is 2.81 bits per heavy atom. The van der Waals surface area contributed by atoms with E-state index in [4.69, 9.17) is 0 Å². The van der Waals surface area contributed by atoms with E-state index in [9.17, 15) is 4.79 Å². The highest BCUT2D eigenvalue weighted by atomic mass is 16.2. The first kappa shape index (κ1) is 17.5. The molecule has 2 amide bonds. The Hall–Kier alpha value is -2.89. The average molecular weight is 363 g/mol. The summed E-state index contributed by atoms with van der Waals surface area (Å²) in [5.74, 6) is 0.400. The molecule has 140 valence electrons. The minimum atomic E-state index is -0.0649. The van der Waals surface area contributed by atoms with Crippen LogP contribution in [0, 0.1) is 20.8 Å². The zero-order valence-electron chi connectivity index (χ0n) is 16.3. The number of pyridine rings is 1. The molecule has 0 spiro atoms. The van der Waals surface area contributed by atoms with Crippen LogP contribution in [0.25, 0.3) is 11.0 Å². The zero-order valence-corrected chi connectivity index (χ0v) is 16.3. The van der Waals surface area contributed by atoms with Crippen molar-refractivity contribution in [3.8, 4) is 0 Å². The van der Waals surface area contributed by atoms with E-state index in [1.807, 2.05) is 24.9 Å². The lowest BCUT2D eigenvalue weighted by Crippen LogP contribution is -2.32. The molecule has 1 atom stereocenters. The summed E-state index contributed by atoms with van der Waals surface area (Å²) in [6.07, 6.45) is 2.69. The van der Waals surface area contributed by atoms with Crippen LogP contribution in [-0.2, 0) is 7.05 Å². The van der Waals surface area contributed by atoms with Gasteiger partial charge in [0.15, 0.2) is 5.65 Å². The van der Waals surface area contributed by atoms with Crippen molar-refractivity contribution >= 4 is 22.8 Å². The highest BCUT2D eigenvalue weighted by Gasteiger charge is 2.28. The van der Waals surface area contributed by atoms with Crippen LogP contribution in [0.15, 0.2) is 30.5 Å². The first-order valence-corrected chi connectivity index (χ1v) is 9.35. The van der Waals surface area contributed by atoms with Crippen molar-refractivity contribution in [2.45, 2.75) is 33.1 Å². The maximum absolute atomic E-state index is 12.7. The molecule has 1 unspecified atom stereocenters. The largest absolute Gasteiger partial charge is 0.324 e. The Labute approximate surface area is 159 Å². The van der Waals surface area contributed by atoms with Crippen molar-refractivity contribution in [3.05, 3.63) is 52.8 Å². The molecule has 2 aromatic heterocycles. The van der Waals surface area contributed by atoms with E-state index in [-0.39, 0.29) is 6.03 Å². The van der Waals surface area contributed by atoms with Gasteiger partial charge < -0.3 is 10.2 Å². The highest BCUT2D eigenvalue weighted by molar-refractivity contribution is 5.92. The van der Waals surface area contributed by atoms with Crippen molar-refractivity contribution in [2.75, 3.05) is 18.4 Å². The van der Waals surface area contributed by atoms with E-state index in [2.05, 4.69) is 47.4 Å². The first-order valence-electron chi connectivity index (χ1n) is 9.35. The van der Waals surface area contributed by atoms with Gasteiger partial charge in [-0.15, -0.1) is 0 Å². The standard InChI is InChI=1S/C21H25N5O/c1-13-5-6-18(14(2)9-13)16-7-8-26(12-16)21(27)23-17-10-19-15(3)24-25(4)20(19)22-11-17/h5-6,9-11,16H,7-8,12H2,1-4H3,(H,23,27). The number of benzene rings is 1. The van der Waals surface area contributed by atoms with Crippen LogP contribution in [0.1, 0.15) is 34.7 Å². The first-order chi connectivity index (χ1) is 12.9. The lowest BCUT2D eigenvalue weighted by molar-refractivity contribution is 0.222. The molecule has 27 heavy (non-hydrogen) atoms. The maximum Gasteiger partial charge on any atom is 0.321 e. The topological polar surface area (TPSA) is 63.1 Å². The third-order valence-corrected chi connectivity index (χ3v) is 5.45. The number of amides is 2. The number of nitrogens with one attached hydrogen (secondary N) is 1. The Balaban J connectivity index is 1.47. The van der Waals surface area contributed by atoms with Crippen LogP contribution in [0.5, 0.6) is 0 Å². The number of urea groups is 1. The van der Waals surface area contributed by atoms with Crippen LogP contribution in [0.3, 0.4) is 0 Å². The van der Waals surface area contributed by atoms with E-state index in [1.165, 1.54) is 16.7 Å². The van der Waals surface area contributed by atoms with Crippen molar-refractivity contribution in [2.24, 2.45) is 7.05 Å². The lowest BCUT2D eigenvalue weighted by Gasteiger charge is -2.18. The second kappa shape index (κ2) is 6.68. The molecule has 4 rings (SSSR count). The van der Waals surface area contributed by atoms with Crippen LogP contribution in [0.2, 0.25) is 0 Å². The molecule has 0 saturated carbocycles. The smallest absolute Gasteiger partial charge is 0.321 e. The predicted molar refractivity (Wildman–Crippen MR) is 107 cm³/mol. The second-order valence-corrected chi connectivity index (χ2v) is 7.53. The van der Waals surface area contributed by atoms with E-state index < -0.39 is 0 Å². The van der Waals surface area contributed by atoms with Crippen LogP contribution < -0.4 is 5.32 Å². The van der Waals surface area contributed by atoms with Gasteiger partial charge in [0.25, 0.3) is 0 Å². The van der Waals surface area contributed by atoms with Gasteiger partial charge in [-0.05, 0) is 44.4 Å². The van der Waals surface area contributed by atoms with Gasteiger partial charge in [0.2, 0.25) is 0 Å². The molecule has 3 aromatic rings. The van der Waals surface area contributed by atoms with Crippen molar-refractivity contribution < 1.29 is 4.79 Å². The zero-order chi connectivity index (χ0) is 19.1. The quantitative estimate of drug-likeness (QED) is 0.751. The van der Waals surface area contributed by atoms with Gasteiger partial charge in [0, 0.05) is 31.4 Å². The van der Waals surface area contributed by atoms with Crippen LogP contribution in [0.4, 0.5) is 10.5 Å². The molecule has 1 saturated heterocycles. The molecule has 1 aliphatic heterocycles. The predicted octanol–water partition coefficient (Wildman–Crippen LogP) is 3.91. The van der Waals surface area contributed by atoms with Gasteiger partial charge in [0.1, 0.15) is 0 Å². The fourth-order valence-corrected chi connectivity index (χ4v) is 4.06. The number of anilines is 1. The third-order valence-electron chi connectivity index (χ3n) is 5.45. The average Bonchev–Trinajstić information content (AvgIpc) is 3.21. The Kier molecular flexibility index (Phi) is 4.34. The molecular weight excluding hydrogens is 338 g/mol. The third kappa shape index (κ3) is 3.27. The minimum absolute atomic E-state index is 0.0649. The van der Waals surface area contributed by atoms with Gasteiger partial charge in [-0.2, -0.15) is 5.10 Å². The molecule has 6 heteroatoms. The number of likely N-dealkylation sites (tertiary alicyclic amines) is 1. The summed E-state index contributed by atoms with van der Waals surface area (Å²) in [7, 11) is 1.87. The molecule has 6 nitrogen and oxygen atoms in total. The van der Waals surface area contributed by atoms with E-state index in [1.54, 1.807) is 10.9 Å². The minimum Gasteiger partial charge on any atom is -0.324 e. The second-order valence-electron chi connectivity index (χ2n) is 7.53. The van der Waals surface area contributed by atoms with Gasteiger partial charge in [0.05, 0.1) is 17.6 Å². The molecular formula is C21H25N5O. The van der Waals surface area contributed by atoms with E-state index in [0.29, 0.717) is 11.6 Å². The molecule has 0 bridgehead atoms. The molecule has 1 fully saturated rings. The Morgan fingerprint density at radius 2 is 2.04 bits per heavy atom. The Morgan fingerprint density at radius 1 is 1.22 bits per heavy atom. The molecule has 1 aliphatic rings. The molecule has 1 aromatic carbocycles. The summed E-state index contributed by atoms with van der Waals surface area (Å²) < 4.78 is 1.76. The number of carbonyl (C=O) groups is 1. The van der Waals surface area contributed by atoms with E-state index >= 15 is 0 Å². The fourth-order valence-electron chi connectivity index (χ4n) is 4.06. The monoisotopic (exact) mass is 363 g/mol. The number of nitrogens with zero attached hydrogens (tertiary/aromatic N) is 4. The molecule has 0 radical (unpaired) electrons. The van der Waals surface area contributed by atoms with E-state index in [0.717, 1.165) is 36.2 Å². The highest BCUT2D eigenvalue weighted by Crippen LogP contribution is 2.30. The van der Waals surface area contributed by atoms with Crippen molar-refractivity contribution in [1.82, 2.24) is 19.7 Å². The fraction of sp³-hybridized carbons (Fsp3) is 0.381. The number of hydrogen-bond acceptors (Lipinski definition) is 3. The summed E-state index contributed by atoms with van der Waals surface area (Å²) in [5.41, 5.74) is 6.37. The summed E-state index contributed by atoms with van der Waals surface area (Å²) in [4.78, 5) is 19.0. The maximum atomic E-state index is 12.7. The normalized spacial score (nSPS) is 16.9. The number of carbonyl (C=O) groups excluding carboxylic acids is 1. The summed E-state index contributed by atoms with van der Waals surface area (Å²) in [6.45, 7) is 7.73. The van der Waals surface area contributed by atoms with Gasteiger partial charge in [-0.1, -0.05) is 23.8 Å². The molecule has 3 heterocycles. The van der Waals surface area contributed by atoms with Crippen LogP contribution >= 0.6 is 0 Å². The lowest BCUT2D eigenvalue weighted by atomic mass is 9.93. The number of aromatic nitrogens is 3. The summed E-state index contributed by atoms with van der Waals surface area (Å²) in [5, 5.41) is 8.34. The number of aryl methyl sites for hydroxylation is 4. The summed E-state index contributed by atoms with van der Waals surface area (Å²) in [6, 6.07) is 8.46. The number of fused-ring (bicyclic) bond motifs is 1. The van der Waals surface area contributed by atoms with Crippen molar-refractivity contribution in [3.63, 3.8) is 0 Å². The SMILES string of the molecule is Cc1ccc(C2CCN(C(=O)Nc3cnc4c(c3)c(C)nn4C)C2)c(C)c1. The molecule has 0 aliphatic carbocycles. The number of hydrogen-bond donors (Lipinski definition) is 1. The van der Waals surface area contributed by atoms with Gasteiger partial charge >= 0.3 is 6.03 Å². The van der Waals surface area contributed by atoms with Gasteiger partial charge in [-0.3, -0.25) is 4.68 Å². The molecule has 1 N–H and O–H groups in total. The summed E-state index contributed by atoms with van der Waals surface area (Å²) >= 11 is 0. The van der Waals surface area contributed by atoms with Gasteiger partial charge in [-0.25, -0.2) is 9.78 Å². The van der Waals surface area contributed by atoms with Crippen molar-refractivity contribution in [1.29, 1.82) is 0 Å². The number of rotatable bonds is 2.